The molecule has 0 radical (unpaired) electrons. The van der Waals surface area contributed by atoms with Crippen molar-refractivity contribution in [3.63, 3.8) is 0 Å². The first-order valence-corrected chi connectivity index (χ1v) is 20.4. The molecule has 11 heteroatoms. The molecule has 61 heavy (non-hydrogen) atoms. The maximum atomic E-state index is 10.7. The Kier molecular flexibility index (Phi) is 10.4. The van der Waals surface area contributed by atoms with Gasteiger partial charge in [-0.05, 0) is 62.9 Å². The fraction of sp³-hybridized carbons (Fsp3) is 0.180. The molecule has 1 aliphatic heterocycles. The zero-order valence-corrected chi connectivity index (χ0v) is 33.4. The van der Waals surface area contributed by atoms with Crippen LogP contribution in [0.4, 0.5) is 11.6 Å². The van der Waals surface area contributed by atoms with Crippen molar-refractivity contribution in [3.05, 3.63) is 168 Å². The maximum absolute atomic E-state index is 10.7. The first kappa shape index (κ1) is 38.2. The van der Waals surface area contributed by atoms with Gasteiger partial charge in [-0.3, -0.25) is 4.57 Å². The number of hydrogen-bond acceptors (Lipinski definition) is 10. The number of aliphatic hydroxyl groups is 2. The molecule has 1 aliphatic rings. The Hall–Kier alpha value is -7.05. The van der Waals surface area contributed by atoms with Crippen LogP contribution in [0.15, 0.2) is 146 Å². The Labute approximate surface area is 351 Å². The van der Waals surface area contributed by atoms with Crippen LogP contribution in [0.5, 0.6) is 17.4 Å². The van der Waals surface area contributed by atoms with Crippen molar-refractivity contribution in [1.29, 1.82) is 0 Å². The lowest BCUT2D eigenvalue weighted by molar-refractivity contribution is -0.0432. The molecule has 0 aliphatic carbocycles. The SMILES string of the molecule is Cc1c2ccccc2cc2c1ccc1c(OCc3ccccc3)c(OCc3ccccc3)cc(Nc3nc(OCc4ccccc4)c4ncn([C@H]5C[C@H](O)[C@@H](CO)O5)c4n3)c12. The summed E-state index contributed by atoms with van der Waals surface area (Å²) in [6, 6.07) is 46.9. The smallest absolute Gasteiger partial charge is 0.247 e. The highest BCUT2D eigenvalue weighted by molar-refractivity contribution is 6.20. The quantitative estimate of drug-likeness (QED) is 0.0764. The Balaban J connectivity index is 1.16. The highest BCUT2D eigenvalue weighted by Crippen LogP contribution is 2.46. The van der Waals surface area contributed by atoms with Crippen LogP contribution in [0.1, 0.15) is 34.9 Å². The molecular formula is C50H43N5O6. The van der Waals surface area contributed by atoms with Crippen LogP contribution in [0.25, 0.3) is 43.5 Å². The summed E-state index contributed by atoms with van der Waals surface area (Å²) in [6.07, 6.45) is -0.341. The lowest BCUT2D eigenvalue weighted by atomic mass is 9.93. The molecule has 10 rings (SSSR count). The van der Waals surface area contributed by atoms with Gasteiger partial charge in [-0.2, -0.15) is 9.97 Å². The number of hydrogen-bond donors (Lipinski definition) is 3. The van der Waals surface area contributed by atoms with Crippen molar-refractivity contribution in [1.82, 2.24) is 19.5 Å². The van der Waals surface area contributed by atoms with Gasteiger partial charge in [-0.25, -0.2) is 4.98 Å². The van der Waals surface area contributed by atoms with E-state index in [0.717, 1.165) is 49.2 Å². The lowest BCUT2D eigenvalue weighted by Gasteiger charge is -2.21. The highest BCUT2D eigenvalue weighted by atomic mass is 16.5. The fourth-order valence-electron chi connectivity index (χ4n) is 8.22. The van der Waals surface area contributed by atoms with Gasteiger partial charge in [0.15, 0.2) is 22.7 Å². The summed E-state index contributed by atoms with van der Waals surface area (Å²) in [7, 11) is 0. The molecule has 0 bridgehead atoms. The van der Waals surface area contributed by atoms with Crippen molar-refractivity contribution in [2.75, 3.05) is 11.9 Å². The van der Waals surface area contributed by atoms with Gasteiger partial charge < -0.3 is 34.5 Å². The van der Waals surface area contributed by atoms with E-state index < -0.39 is 18.4 Å². The Morgan fingerprint density at radius 2 is 1.34 bits per heavy atom. The molecule has 7 aromatic carbocycles. The molecule has 0 spiro atoms. The Morgan fingerprint density at radius 1 is 0.705 bits per heavy atom. The van der Waals surface area contributed by atoms with E-state index in [4.69, 9.17) is 28.9 Å². The Morgan fingerprint density at radius 3 is 2.03 bits per heavy atom. The largest absolute Gasteiger partial charge is 0.485 e. The normalized spacial score (nSPS) is 16.4. The zero-order valence-electron chi connectivity index (χ0n) is 33.4. The maximum Gasteiger partial charge on any atom is 0.247 e. The number of ether oxygens (including phenoxy) is 4. The second-order valence-electron chi connectivity index (χ2n) is 15.3. The van der Waals surface area contributed by atoms with Gasteiger partial charge in [0.1, 0.15) is 32.2 Å². The van der Waals surface area contributed by atoms with Gasteiger partial charge in [0.05, 0.1) is 24.7 Å². The summed E-state index contributed by atoms with van der Waals surface area (Å²) in [5, 5.41) is 30.3. The van der Waals surface area contributed by atoms with Crippen LogP contribution in [0, 0.1) is 6.92 Å². The number of nitrogens with zero attached hydrogens (tertiary/aromatic N) is 4. The average Bonchev–Trinajstić information content (AvgIpc) is 3.91. The molecule has 9 aromatic rings. The van der Waals surface area contributed by atoms with Crippen LogP contribution in [-0.2, 0) is 24.6 Å². The molecule has 2 aromatic heterocycles. The topological polar surface area (TPSA) is 133 Å². The second-order valence-corrected chi connectivity index (χ2v) is 15.3. The minimum absolute atomic E-state index is 0.245. The molecule has 0 amide bonds. The second kappa shape index (κ2) is 16.5. The molecular weight excluding hydrogens is 767 g/mol. The van der Waals surface area contributed by atoms with Crippen molar-refractivity contribution in [2.24, 2.45) is 0 Å². The van der Waals surface area contributed by atoms with Crippen molar-refractivity contribution >= 4 is 55.1 Å². The minimum atomic E-state index is -0.850. The third-order valence-electron chi connectivity index (χ3n) is 11.3. The van der Waals surface area contributed by atoms with Gasteiger partial charge >= 0.3 is 0 Å². The number of fused-ring (bicyclic) bond motifs is 5. The van der Waals surface area contributed by atoms with Crippen molar-refractivity contribution < 1.29 is 29.2 Å². The molecule has 3 heterocycles. The fourth-order valence-corrected chi connectivity index (χ4v) is 8.22. The van der Waals surface area contributed by atoms with E-state index in [1.165, 1.54) is 5.39 Å². The van der Waals surface area contributed by atoms with Crippen LogP contribution in [0.2, 0.25) is 0 Å². The first-order chi connectivity index (χ1) is 30.0. The molecule has 304 valence electrons. The number of aryl methyl sites for hydroxylation is 1. The van der Waals surface area contributed by atoms with E-state index in [1.807, 2.05) is 97.1 Å². The minimum Gasteiger partial charge on any atom is -0.485 e. The average molecular weight is 810 g/mol. The van der Waals surface area contributed by atoms with Crippen LogP contribution in [-0.4, -0.2) is 48.5 Å². The first-order valence-electron chi connectivity index (χ1n) is 20.4. The van der Waals surface area contributed by atoms with Crippen LogP contribution in [0.3, 0.4) is 0 Å². The number of benzene rings is 7. The van der Waals surface area contributed by atoms with E-state index in [9.17, 15) is 10.2 Å². The molecule has 3 N–H and O–H groups in total. The lowest BCUT2D eigenvalue weighted by Crippen LogP contribution is -2.24. The highest BCUT2D eigenvalue weighted by Gasteiger charge is 2.36. The summed E-state index contributed by atoms with van der Waals surface area (Å²) in [4.78, 5) is 14.7. The standard InChI is InChI=1S/C50H43N5O6/c1-31-36-20-12-11-19-35(36)23-39-37(31)21-22-38-45(39)40(24-42(58-27-32-13-5-2-6-14-32)47(38)59-28-33-15-7-3-8-16-33)52-50-53-48-46(49(54-50)60-29-34-17-9-4-10-18-34)51-30-55(48)44-25-41(57)43(26-56)61-44/h2-24,30,41,43-44,56-57H,25-29H2,1H3,(H,52,53,54)/t41-,43+,44+/m0/s1. The molecule has 3 atom stereocenters. The van der Waals surface area contributed by atoms with Gasteiger partial charge in [0.25, 0.3) is 0 Å². The molecule has 1 saturated heterocycles. The molecule has 0 saturated carbocycles. The number of aliphatic hydroxyl groups excluding tert-OH is 2. The number of aromatic nitrogens is 4. The monoisotopic (exact) mass is 809 g/mol. The van der Waals surface area contributed by atoms with Crippen LogP contribution < -0.4 is 19.5 Å². The summed E-state index contributed by atoms with van der Waals surface area (Å²) >= 11 is 0. The number of nitrogens with one attached hydrogen (secondary N) is 1. The summed E-state index contributed by atoms with van der Waals surface area (Å²) in [6.45, 7) is 2.74. The molecule has 11 nitrogen and oxygen atoms in total. The number of anilines is 2. The number of rotatable bonds is 13. The predicted octanol–water partition coefficient (Wildman–Crippen LogP) is 9.72. The number of imidazole rings is 1. The van der Waals surface area contributed by atoms with E-state index in [2.05, 4.69) is 59.7 Å². The van der Waals surface area contributed by atoms with Gasteiger partial charge in [-0.1, -0.05) is 121 Å². The summed E-state index contributed by atoms with van der Waals surface area (Å²) in [5.41, 5.74) is 5.73. The van der Waals surface area contributed by atoms with E-state index in [-0.39, 0.29) is 31.5 Å². The summed E-state index contributed by atoms with van der Waals surface area (Å²) < 4.78 is 27.7. The van der Waals surface area contributed by atoms with Gasteiger partial charge in [-0.15, -0.1) is 0 Å². The predicted molar refractivity (Wildman–Crippen MR) is 236 cm³/mol. The summed E-state index contributed by atoms with van der Waals surface area (Å²) in [5.74, 6) is 1.68. The molecule has 1 fully saturated rings. The van der Waals surface area contributed by atoms with Gasteiger partial charge in [0, 0.05) is 23.3 Å². The zero-order chi connectivity index (χ0) is 41.3. The third kappa shape index (κ3) is 7.55. The van der Waals surface area contributed by atoms with E-state index >= 15 is 0 Å². The molecule has 0 unspecified atom stereocenters. The Bertz CT molecular complexity index is 3000. The van der Waals surface area contributed by atoms with Gasteiger partial charge in [0.2, 0.25) is 11.8 Å². The van der Waals surface area contributed by atoms with E-state index in [0.29, 0.717) is 41.6 Å². The third-order valence-corrected chi connectivity index (χ3v) is 11.3. The van der Waals surface area contributed by atoms with Crippen molar-refractivity contribution in [3.8, 4) is 17.4 Å². The van der Waals surface area contributed by atoms with Crippen molar-refractivity contribution in [2.45, 2.75) is 51.6 Å². The van der Waals surface area contributed by atoms with E-state index in [1.54, 1.807) is 10.9 Å². The van der Waals surface area contributed by atoms with Crippen LogP contribution >= 0.6 is 0 Å².